The molecule has 0 heterocycles. The van der Waals surface area contributed by atoms with Crippen molar-refractivity contribution in [3.63, 3.8) is 0 Å². The second-order valence-electron chi connectivity index (χ2n) is 2.91. The summed E-state index contributed by atoms with van der Waals surface area (Å²) < 4.78 is 0.870. The van der Waals surface area contributed by atoms with E-state index in [1.165, 1.54) is 0 Å². The molecular formula is C9H8BrNO. The lowest BCUT2D eigenvalue weighted by Gasteiger charge is -2.03. The Labute approximate surface area is 78.9 Å². The molecule has 0 aliphatic heterocycles. The molecule has 0 bridgehead atoms. The van der Waals surface area contributed by atoms with E-state index in [4.69, 9.17) is 5.73 Å². The minimum absolute atomic E-state index is 0.198. The smallest absolute Gasteiger partial charge is 0.164 e. The zero-order valence-electron chi connectivity index (χ0n) is 6.43. The fourth-order valence-electron chi connectivity index (χ4n) is 1.57. The molecule has 0 saturated carbocycles. The summed E-state index contributed by atoms with van der Waals surface area (Å²) in [4.78, 5) is 11.4. The van der Waals surface area contributed by atoms with Gasteiger partial charge in [0.2, 0.25) is 0 Å². The third kappa shape index (κ3) is 0.966. The molecule has 2 rings (SSSR count). The maximum absolute atomic E-state index is 11.4. The topological polar surface area (TPSA) is 43.1 Å². The molecule has 0 aromatic heterocycles. The number of halogens is 1. The van der Waals surface area contributed by atoms with E-state index in [1.54, 1.807) is 0 Å². The fraction of sp³-hybridized carbons (Fsp3) is 0.222. The highest BCUT2D eigenvalue weighted by molar-refractivity contribution is 9.10. The second-order valence-corrected chi connectivity index (χ2v) is 3.77. The number of Topliss-reactive ketones (excluding diaryl/α,β-unsaturated/α-hetero) is 1. The van der Waals surface area contributed by atoms with Gasteiger partial charge < -0.3 is 5.73 Å². The average Bonchev–Trinajstić information content (AvgIpc) is 2.42. The van der Waals surface area contributed by atoms with E-state index >= 15 is 0 Å². The molecule has 0 amide bonds. The zero-order chi connectivity index (χ0) is 8.72. The second kappa shape index (κ2) is 2.59. The first kappa shape index (κ1) is 7.80. The Morgan fingerprint density at radius 3 is 2.75 bits per heavy atom. The molecule has 0 atom stereocenters. The van der Waals surface area contributed by atoms with E-state index in [9.17, 15) is 4.79 Å². The minimum Gasteiger partial charge on any atom is -0.398 e. The van der Waals surface area contributed by atoms with Crippen molar-refractivity contribution in [1.82, 2.24) is 0 Å². The Hall–Kier alpha value is -0.830. The van der Waals surface area contributed by atoms with Crippen LogP contribution in [0.15, 0.2) is 16.6 Å². The van der Waals surface area contributed by atoms with Gasteiger partial charge in [-0.3, -0.25) is 4.79 Å². The molecule has 1 aromatic carbocycles. The van der Waals surface area contributed by atoms with Crippen LogP contribution < -0.4 is 5.73 Å². The fourth-order valence-corrected chi connectivity index (χ4v) is 2.16. The number of fused-ring (bicyclic) bond motifs is 1. The largest absolute Gasteiger partial charge is 0.398 e. The molecule has 0 spiro atoms. The Morgan fingerprint density at radius 1 is 1.33 bits per heavy atom. The Morgan fingerprint density at radius 2 is 2.08 bits per heavy atom. The van der Waals surface area contributed by atoms with Crippen LogP contribution in [0, 0.1) is 0 Å². The van der Waals surface area contributed by atoms with Crippen molar-refractivity contribution in [3.05, 3.63) is 27.7 Å². The maximum Gasteiger partial charge on any atom is 0.164 e. The number of nitrogens with two attached hydrogens (primary N) is 1. The summed E-state index contributed by atoms with van der Waals surface area (Å²) in [5.74, 6) is 0.198. The van der Waals surface area contributed by atoms with E-state index in [1.807, 2.05) is 12.1 Å². The predicted octanol–water partition coefficient (Wildman–Crippen LogP) is 2.16. The highest BCUT2D eigenvalue weighted by Gasteiger charge is 2.23. The van der Waals surface area contributed by atoms with Crippen LogP contribution in [0.25, 0.3) is 0 Å². The monoisotopic (exact) mass is 225 g/mol. The lowest BCUT2D eigenvalue weighted by molar-refractivity contribution is 0.0994. The molecule has 12 heavy (non-hydrogen) atoms. The third-order valence-corrected chi connectivity index (χ3v) is 2.84. The van der Waals surface area contributed by atoms with E-state index in [0.717, 1.165) is 27.7 Å². The van der Waals surface area contributed by atoms with E-state index in [0.29, 0.717) is 6.42 Å². The first-order valence-corrected chi connectivity index (χ1v) is 4.59. The van der Waals surface area contributed by atoms with Gasteiger partial charge in [-0.1, -0.05) is 15.9 Å². The number of ketones is 1. The standard InChI is InChI=1S/C9H8BrNO/c10-6-2-3-7(11)5-1-4-8(12)9(5)6/h2-3H,1,4,11H2. The number of carbonyl (C=O) groups excluding carboxylic acids is 1. The lowest BCUT2D eigenvalue weighted by Crippen LogP contribution is -1.96. The van der Waals surface area contributed by atoms with Crippen molar-refractivity contribution in [1.29, 1.82) is 0 Å². The number of hydrogen-bond donors (Lipinski definition) is 1. The Balaban J connectivity index is 2.72. The number of hydrogen-bond acceptors (Lipinski definition) is 2. The van der Waals surface area contributed by atoms with E-state index in [-0.39, 0.29) is 5.78 Å². The number of anilines is 1. The van der Waals surface area contributed by atoms with Gasteiger partial charge in [-0.2, -0.15) is 0 Å². The summed E-state index contributed by atoms with van der Waals surface area (Å²) in [5, 5.41) is 0. The Bertz CT molecular complexity index is 360. The molecule has 0 radical (unpaired) electrons. The normalized spacial score (nSPS) is 14.9. The number of rotatable bonds is 0. The van der Waals surface area contributed by atoms with Crippen LogP contribution in [-0.4, -0.2) is 5.78 Å². The summed E-state index contributed by atoms with van der Waals surface area (Å²) in [5.41, 5.74) is 8.26. The summed E-state index contributed by atoms with van der Waals surface area (Å²) in [7, 11) is 0. The van der Waals surface area contributed by atoms with Gasteiger partial charge in [-0.25, -0.2) is 0 Å². The molecule has 2 nitrogen and oxygen atoms in total. The molecule has 62 valence electrons. The molecule has 1 aromatic rings. The van der Waals surface area contributed by atoms with Crippen LogP contribution in [0.4, 0.5) is 5.69 Å². The molecule has 1 aliphatic carbocycles. The highest BCUT2D eigenvalue weighted by atomic mass is 79.9. The summed E-state index contributed by atoms with van der Waals surface area (Å²) in [6, 6.07) is 3.67. The van der Waals surface area contributed by atoms with E-state index < -0.39 is 0 Å². The third-order valence-electron chi connectivity index (χ3n) is 2.18. The lowest BCUT2D eigenvalue weighted by atomic mass is 10.1. The molecule has 0 saturated heterocycles. The van der Waals surface area contributed by atoms with E-state index in [2.05, 4.69) is 15.9 Å². The summed E-state index contributed by atoms with van der Waals surface area (Å²) in [6.45, 7) is 0. The van der Waals surface area contributed by atoms with Crippen LogP contribution in [0.2, 0.25) is 0 Å². The van der Waals surface area contributed by atoms with Gasteiger partial charge in [0.15, 0.2) is 5.78 Å². The van der Waals surface area contributed by atoms with Crippen molar-refractivity contribution in [2.24, 2.45) is 0 Å². The minimum atomic E-state index is 0.198. The van der Waals surface area contributed by atoms with Crippen molar-refractivity contribution in [2.75, 3.05) is 5.73 Å². The maximum atomic E-state index is 11.4. The van der Waals surface area contributed by atoms with Crippen LogP contribution >= 0.6 is 15.9 Å². The SMILES string of the molecule is Nc1ccc(Br)c2c1CCC2=O. The molecule has 3 heteroatoms. The van der Waals surface area contributed by atoms with Crippen molar-refractivity contribution in [3.8, 4) is 0 Å². The molecule has 0 fully saturated rings. The molecule has 1 aliphatic rings. The van der Waals surface area contributed by atoms with Crippen molar-refractivity contribution in [2.45, 2.75) is 12.8 Å². The van der Waals surface area contributed by atoms with Crippen LogP contribution in [0.3, 0.4) is 0 Å². The van der Waals surface area contributed by atoms with Gasteiger partial charge in [0.05, 0.1) is 0 Å². The number of nitrogen functional groups attached to an aromatic ring is 1. The average molecular weight is 226 g/mol. The number of carbonyl (C=O) groups is 1. The van der Waals surface area contributed by atoms with Crippen molar-refractivity contribution < 1.29 is 4.79 Å². The first-order chi connectivity index (χ1) is 5.70. The predicted molar refractivity (Wildman–Crippen MR) is 51.2 cm³/mol. The molecule has 0 unspecified atom stereocenters. The quantitative estimate of drug-likeness (QED) is 0.689. The van der Waals surface area contributed by atoms with Crippen LogP contribution in [0.1, 0.15) is 22.3 Å². The summed E-state index contributed by atoms with van der Waals surface area (Å²) in [6.07, 6.45) is 1.39. The Kier molecular flexibility index (Phi) is 1.68. The van der Waals surface area contributed by atoms with Gasteiger partial charge in [-0.05, 0) is 24.1 Å². The van der Waals surface area contributed by atoms with Gasteiger partial charge in [0.25, 0.3) is 0 Å². The van der Waals surface area contributed by atoms with Gasteiger partial charge >= 0.3 is 0 Å². The van der Waals surface area contributed by atoms with Crippen LogP contribution in [-0.2, 0) is 6.42 Å². The number of benzene rings is 1. The highest BCUT2D eigenvalue weighted by Crippen LogP contribution is 2.32. The first-order valence-electron chi connectivity index (χ1n) is 3.80. The van der Waals surface area contributed by atoms with Crippen LogP contribution in [0.5, 0.6) is 0 Å². The summed E-state index contributed by atoms with van der Waals surface area (Å²) >= 11 is 3.35. The van der Waals surface area contributed by atoms with Gasteiger partial charge in [0.1, 0.15) is 0 Å². The zero-order valence-corrected chi connectivity index (χ0v) is 8.02. The van der Waals surface area contributed by atoms with Crippen molar-refractivity contribution >= 4 is 27.4 Å². The molecule has 2 N–H and O–H groups in total. The van der Waals surface area contributed by atoms with Gasteiger partial charge in [0, 0.05) is 22.1 Å². The molecular weight excluding hydrogens is 218 g/mol. The van der Waals surface area contributed by atoms with Gasteiger partial charge in [-0.15, -0.1) is 0 Å².